The lowest BCUT2D eigenvalue weighted by Crippen LogP contribution is -2.44. The predicted molar refractivity (Wildman–Crippen MR) is 90.3 cm³/mol. The van der Waals surface area contributed by atoms with Crippen LogP contribution in [0.15, 0.2) is 30.3 Å². The molecule has 1 aromatic carbocycles. The Balaban J connectivity index is 1.76. The third-order valence-electron chi connectivity index (χ3n) is 5.07. The predicted octanol–water partition coefficient (Wildman–Crippen LogP) is 3.13. The maximum Gasteiger partial charge on any atom is 0.305 e. The molecule has 2 atom stereocenters. The average Bonchev–Trinajstić information content (AvgIpc) is 2.61. The Morgan fingerprint density at radius 2 is 2.09 bits per heavy atom. The minimum atomic E-state index is -0.0896. The number of benzene rings is 1. The first-order valence-electron chi connectivity index (χ1n) is 8.36. The molecule has 23 heavy (non-hydrogen) atoms. The fourth-order valence-electron chi connectivity index (χ4n) is 3.79. The molecule has 1 aromatic rings. The molecule has 124 valence electrons. The zero-order valence-electron chi connectivity index (χ0n) is 14.0. The van der Waals surface area contributed by atoms with Gasteiger partial charge in [0.25, 0.3) is 0 Å². The van der Waals surface area contributed by atoms with Gasteiger partial charge in [0.15, 0.2) is 0 Å². The van der Waals surface area contributed by atoms with E-state index < -0.39 is 0 Å². The lowest BCUT2D eigenvalue weighted by molar-refractivity contribution is -0.142. The van der Waals surface area contributed by atoms with Crippen molar-refractivity contribution in [1.82, 2.24) is 4.90 Å². The van der Waals surface area contributed by atoms with E-state index in [9.17, 15) is 4.79 Å². The van der Waals surface area contributed by atoms with Crippen molar-refractivity contribution in [2.75, 3.05) is 27.3 Å². The van der Waals surface area contributed by atoms with Crippen molar-refractivity contribution >= 4 is 11.5 Å². The van der Waals surface area contributed by atoms with Crippen molar-refractivity contribution in [1.29, 1.82) is 0 Å². The Labute approximate surface area is 138 Å². The number of rotatable bonds is 4. The summed E-state index contributed by atoms with van der Waals surface area (Å²) in [5.74, 6) is 1.28. The first kappa shape index (κ1) is 16.1. The Bertz CT molecular complexity index is 596. The minimum absolute atomic E-state index is 0.0896. The monoisotopic (exact) mass is 315 g/mol. The summed E-state index contributed by atoms with van der Waals surface area (Å²) < 4.78 is 10.3. The number of ether oxygens (including phenoxy) is 2. The van der Waals surface area contributed by atoms with E-state index in [1.165, 1.54) is 18.2 Å². The summed E-state index contributed by atoms with van der Waals surface area (Å²) >= 11 is 0. The number of carbonyl (C=O) groups is 1. The number of methoxy groups -OCH3 is 2. The third kappa shape index (κ3) is 3.58. The SMILES string of the molecule is COC(=O)CC1CCN2CCC(c3ccccc3OC)=CC2C1. The van der Waals surface area contributed by atoms with Crippen LogP contribution < -0.4 is 4.74 Å². The summed E-state index contributed by atoms with van der Waals surface area (Å²) in [5.41, 5.74) is 2.56. The number of esters is 1. The third-order valence-corrected chi connectivity index (χ3v) is 5.07. The van der Waals surface area contributed by atoms with E-state index in [-0.39, 0.29) is 5.97 Å². The molecule has 0 radical (unpaired) electrons. The van der Waals surface area contributed by atoms with Gasteiger partial charge < -0.3 is 9.47 Å². The van der Waals surface area contributed by atoms with Crippen molar-refractivity contribution in [2.45, 2.75) is 31.7 Å². The van der Waals surface area contributed by atoms with Crippen LogP contribution in [0, 0.1) is 5.92 Å². The van der Waals surface area contributed by atoms with Crippen LogP contribution in [-0.2, 0) is 9.53 Å². The number of hydrogen-bond acceptors (Lipinski definition) is 4. The molecule has 4 nitrogen and oxygen atoms in total. The molecule has 2 aliphatic rings. The van der Waals surface area contributed by atoms with Crippen LogP contribution in [0.3, 0.4) is 0 Å². The molecule has 3 rings (SSSR count). The van der Waals surface area contributed by atoms with Crippen LogP contribution in [0.25, 0.3) is 5.57 Å². The van der Waals surface area contributed by atoms with Gasteiger partial charge in [0, 0.05) is 24.6 Å². The van der Waals surface area contributed by atoms with E-state index in [0.717, 1.165) is 38.1 Å². The Kier molecular flexibility index (Phi) is 5.01. The van der Waals surface area contributed by atoms with Gasteiger partial charge in [-0.25, -0.2) is 0 Å². The normalized spacial score (nSPS) is 24.5. The van der Waals surface area contributed by atoms with Gasteiger partial charge in [0.05, 0.1) is 14.2 Å². The van der Waals surface area contributed by atoms with Crippen LogP contribution in [0.1, 0.15) is 31.2 Å². The smallest absolute Gasteiger partial charge is 0.305 e. The second kappa shape index (κ2) is 7.18. The number of piperidine rings is 1. The second-order valence-corrected chi connectivity index (χ2v) is 6.42. The van der Waals surface area contributed by atoms with Crippen LogP contribution in [0.2, 0.25) is 0 Å². The van der Waals surface area contributed by atoms with E-state index in [1.807, 2.05) is 12.1 Å². The van der Waals surface area contributed by atoms with Crippen molar-refractivity contribution in [3.63, 3.8) is 0 Å². The molecule has 0 N–H and O–H groups in total. The number of para-hydroxylation sites is 1. The molecule has 0 amide bonds. The van der Waals surface area contributed by atoms with Gasteiger partial charge in [-0.2, -0.15) is 0 Å². The molecule has 0 spiro atoms. The molecule has 2 aliphatic heterocycles. The van der Waals surface area contributed by atoms with Gasteiger partial charge in [-0.05, 0) is 43.4 Å². The first-order chi connectivity index (χ1) is 11.2. The maximum absolute atomic E-state index is 11.5. The molecule has 0 saturated carbocycles. The molecule has 4 heteroatoms. The lowest BCUT2D eigenvalue weighted by Gasteiger charge is -2.41. The zero-order valence-corrected chi connectivity index (χ0v) is 14.0. The van der Waals surface area contributed by atoms with Gasteiger partial charge in [-0.1, -0.05) is 24.3 Å². The molecular formula is C19H25NO3. The highest BCUT2D eigenvalue weighted by molar-refractivity contribution is 5.72. The summed E-state index contributed by atoms with van der Waals surface area (Å²) in [6.45, 7) is 2.15. The largest absolute Gasteiger partial charge is 0.496 e. The van der Waals surface area contributed by atoms with Gasteiger partial charge >= 0.3 is 5.97 Å². The second-order valence-electron chi connectivity index (χ2n) is 6.42. The minimum Gasteiger partial charge on any atom is -0.496 e. The highest BCUT2D eigenvalue weighted by Gasteiger charge is 2.31. The summed E-state index contributed by atoms with van der Waals surface area (Å²) in [7, 11) is 3.19. The molecule has 0 aliphatic carbocycles. The summed E-state index contributed by atoms with van der Waals surface area (Å²) in [4.78, 5) is 14.1. The van der Waals surface area contributed by atoms with E-state index >= 15 is 0 Å². The van der Waals surface area contributed by atoms with Crippen molar-refractivity contribution in [2.24, 2.45) is 5.92 Å². The van der Waals surface area contributed by atoms with Crippen molar-refractivity contribution in [3.8, 4) is 5.75 Å². The highest BCUT2D eigenvalue weighted by Crippen LogP contribution is 2.36. The Morgan fingerprint density at radius 1 is 1.26 bits per heavy atom. The van der Waals surface area contributed by atoms with Crippen molar-refractivity contribution < 1.29 is 14.3 Å². The molecule has 0 bridgehead atoms. The fraction of sp³-hybridized carbons (Fsp3) is 0.526. The summed E-state index contributed by atoms with van der Waals surface area (Å²) in [6.07, 6.45) is 6.10. The van der Waals surface area contributed by atoms with Crippen LogP contribution >= 0.6 is 0 Å². The molecular weight excluding hydrogens is 290 g/mol. The molecule has 2 heterocycles. The first-order valence-corrected chi connectivity index (χ1v) is 8.36. The Morgan fingerprint density at radius 3 is 2.87 bits per heavy atom. The van der Waals surface area contributed by atoms with Crippen LogP contribution in [-0.4, -0.2) is 44.2 Å². The standard InChI is InChI=1S/C19H25NO3/c1-22-18-6-4-3-5-17(18)15-8-10-20-9-7-14(11-16(20)13-15)12-19(21)23-2/h3-6,13-14,16H,7-12H2,1-2H3. The Hall–Kier alpha value is -1.81. The average molecular weight is 315 g/mol. The van der Waals surface area contributed by atoms with Gasteiger partial charge in [0.1, 0.15) is 5.75 Å². The quantitative estimate of drug-likeness (QED) is 0.800. The van der Waals surface area contributed by atoms with Crippen LogP contribution in [0.4, 0.5) is 0 Å². The van der Waals surface area contributed by atoms with E-state index in [4.69, 9.17) is 9.47 Å². The van der Waals surface area contributed by atoms with Crippen LogP contribution in [0.5, 0.6) is 5.75 Å². The van der Waals surface area contributed by atoms with Crippen molar-refractivity contribution in [3.05, 3.63) is 35.9 Å². The zero-order chi connectivity index (χ0) is 16.2. The number of carbonyl (C=O) groups excluding carboxylic acids is 1. The number of nitrogens with zero attached hydrogens (tertiary/aromatic N) is 1. The number of fused-ring (bicyclic) bond motifs is 1. The molecule has 1 saturated heterocycles. The topological polar surface area (TPSA) is 38.8 Å². The summed E-state index contributed by atoms with van der Waals surface area (Å²) in [6, 6.07) is 8.64. The fourth-order valence-corrected chi connectivity index (χ4v) is 3.79. The van der Waals surface area contributed by atoms with E-state index in [2.05, 4.69) is 23.1 Å². The van der Waals surface area contributed by atoms with Gasteiger partial charge in [0.2, 0.25) is 0 Å². The maximum atomic E-state index is 11.5. The van der Waals surface area contributed by atoms with E-state index in [1.54, 1.807) is 7.11 Å². The molecule has 2 unspecified atom stereocenters. The molecule has 0 aromatic heterocycles. The molecule has 1 fully saturated rings. The van der Waals surface area contributed by atoms with Gasteiger partial charge in [-0.15, -0.1) is 0 Å². The van der Waals surface area contributed by atoms with Gasteiger partial charge in [-0.3, -0.25) is 9.69 Å². The number of hydrogen-bond donors (Lipinski definition) is 0. The summed E-state index contributed by atoms with van der Waals surface area (Å²) in [5, 5.41) is 0. The highest BCUT2D eigenvalue weighted by atomic mass is 16.5. The van der Waals surface area contributed by atoms with E-state index in [0.29, 0.717) is 18.4 Å². The lowest BCUT2D eigenvalue weighted by atomic mass is 9.84.